The molecule has 0 radical (unpaired) electrons. The minimum Gasteiger partial charge on any atom is -0.377 e. The Morgan fingerprint density at radius 2 is 2.09 bits per heavy atom. The molecule has 3 heterocycles. The lowest BCUT2D eigenvalue weighted by molar-refractivity contribution is 0.0531. The molecule has 3 saturated heterocycles. The van der Waals surface area contributed by atoms with Gasteiger partial charge in [-0.3, -0.25) is 4.90 Å². The number of ether oxygens (including phenoxy) is 1. The summed E-state index contributed by atoms with van der Waals surface area (Å²) >= 11 is 0. The smallest absolute Gasteiger partial charge is 0.151 e. The lowest BCUT2D eigenvalue weighted by Crippen LogP contribution is -2.46. The van der Waals surface area contributed by atoms with Crippen LogP contribution in [-0.2, 0) is 14.6 Å². The highest BCUT2D eigenvalue weighted by Crippen LogP contribution is 2.22. The van der Waals surface area contributed by atoms with Crippen LogP contribution in [0.15, 0.2) is 0 Å². The Morgan fingerprint density at radius 3 is 2.74 bits per heavy atom. The Hall–Kier alpha value is -0.170. The Labute approximate surface area is 141 Å². The normalized spacial score (nSPS) is 35.1. The zero-order chi connectivity index (χ0) is 16.3. The van der Waals surface area contributed by atoms with Crippen molar-refractivity contribution in [3.05, 3.63) is 0 Å². The standard InChI is InChI=1S/C17H32N2O3S/c1-15-4-2-7-18(12-15)8-9-19(13-17-5-3-10-22-17)16-6-11-23(20,21)14-16/h15-17H,2-14H2,1H3/t15-,16-,17-/m1/s1. The van der Waals surface area contributed by atoms with E-state index in [0.717, 1.165) is 51.4 Å². The second-order valence-corrected chi connectivity index (χ2v) is 9.96. The van der Waals surface area contributed by atoms with Crippen LogP contribution in [0, 0.1) is 5.92 Å². The number of likely N-dealkylation sites (tertiary alicyclic amines) is 1. The first-order valence-electron chi connectivity index (χ1n) is 9.30. The van der Waals surface area contributed by atoms with E-state index in [1.807, 2.05) is 0 Å². The molecular weight excluding hydrogens is 312 g/mol. The molecule has 0 unspecified atom stereocenters. The fourth-order valence-electron chi connectivity index (χ4n) is 4.30. The monoisotopic (exact) mass is 344 g/mol. The van der Waals surface area contributed by atoms with Crippen LogP contribution in [0.4, 0.5) is 0 Å². The van der Waals surface area contributed by atoms with Gasteiger partial charge in [0, 0.05) is 38.8 Å². The van der Waals surface area contributed by atoms with Gasteiger partial charge in [0.2, 0.25) is 0 Å². The zero-order valence-corrected chi connectivity index (χ0v) is 15.3. The van der Waals surface area contributed by atoms with Crippen molar-refractivity contribution in [2.45, 2.75) is 51.2 Å². The van der Waals surface area contributed by atoms with Crippen molar-refractivity contribution in [1.82, 2.24) is 9.80 Å². The maximum Gasteiger partial charge on any atom is 0.151 e. The van der Waals surface area contributed by atoms with E-state index >= 15 is 0 Å². The minimum atomic E-state index is -2.82. The second kappa shape index (κ2) is 7.81. The summed E-state index contributed by atoms with van der Waals surface area (Å²) in [5, 5.41) is 0. The van der Waals surface area contributed by atoms with Gasteiger partial charge in [-0.25, -0.2) is 8.42 Å². The third kappa shape index (κ3) is 5.15. The van der Waals surface area contributed by atoms with Crippen molar-refractivity contribution in [1.29, 1.82) is 0 Å². The Morgan fingerprint density at radius 1 is 1.22 bits per heavy atom. The molecule has 134 valence electrons. The second-order valence-electron chi connectivity index (χ2n) is 7.73. The van der Waals surface area contributed by atoms with E-state index in [4.69, 9.17) is 4.74 Å². The number of piperidine rings is 1. The van der Waals surface area contributed by atoms with Crippen LogP contribution in [0.1, 0.15) is 39.0 Å². The molecule has 0 N–H and O–H groups in total. The number of sulfone groups is 1. The predicted octanol–water partition coefficient (Wildman–Crippen LogP) is 1.39. The SMILES string of the molecule is C[C@@H]1CCCN(CCN(C[C@H]2CCCO2)[C@@H]2CCS(=O)(=O)C2)C1. The fraction of sp³-hybridized carbons (Fsp3) is 1.00. The third-order valence-corrected chi connectivity index (χ3v) is 7.38. The van der Waals surface area contributed by atoms with Crippen LogP contribution in [0.3, 0.4) is 0 Å². The third-order valence-electron chi connectivity index (χ3n) is 5.63. The van der Waals surface area contributed by atoms with E-state index in [2.05, 4.69) is 16.7 Å². The summed E-state index contributed by atoms with van der Waals surface area (Å²) in [7, 11) is -2.82. The van der Waals surface area contributed by atoms with Crippen molar-refractivity contribution in [2.75, 3.05) is 50.8 Å². The molecule has 0 amide bonds. The minimum absolute atomic E-state index is 0.200. The first kappa shape index (κ1) is 17.6. The van der Waals surface area contributed by atoms with Crippen LogP contribution >= 0.6 is 0 Å². The molecule has 0 aromatic heterocycles. The quantitative estimate of drug-likeness (QED) is 0.729. The molecule has 3 atom stereocenters. The van der Waals surface area contributed by atoms with Crippen molar-refractivity contribution < 1.29 is 13.2 Å². The van der Waals surface area contributed by atoms with Gasteiger partial charge in [0.15, 0.2) is 9.84 Å². The molecule has 0 aromatic rings. The Bertz CT molecular complexity index is 476. The van der Waals surface area contributed by atoms with Gasteiger partial charge in [0.25, 0.3) is 0 Å². The summed E-state index contributed by atoms with van der Waals surface area (Å²) in [5.41, 5.74) is 0. The molecule has 23 heavy (non-hydrogen) atoms. The highest BCUT2D eigenvalue weighted by molar-refractivity contribution is 7.91. The van der Waals surface area contributed by atoms with Crippen molar-refractivity contribution >= 4 is 9.84 Å². The van der Waals surface area contributed by atoms with Gasteiger partial charge in [-0.1, -0.05) is 6.92 Å². The largest absolute Gasteiger partial charge is 0.377 e. The molecule has 0 spiro atoms. The average Bonchev–Trinajstić information content (AvgIpc) is 3.13. The zero-order valence-electron chi connectivity index (χ0n) is 14.5. The lowest BCUT2D eigenvalue weighted by atomic mass is 10.0. The maximum atomic E-state index is 11.9. The molecule has 3 rings (SSSR count). The summed E-state index contributed by atoms with van der Waals surface area (Å²) in [6.07, 6.45) is 6.01. The van der Waals surface area contributed by atoms with Gasteiger partial charge in [-0.2, -0.15) is 0 Å². The summed E-state index contributed by atoms with van der Waals surface area (Å²) in [5.74, 6) is 1.50. The number of rotatable bonds is 6. The van der Waals surface area contributed by atoms with Gasteiger partial charge < -0.3 is 9.64 Å². The van der Waals surface area contributed by atoms with E-state index in [1.54, 1.807) is 0 Å². The average molecular weight is 345 g/mol. The first-order valence-corrected chi connectivity index (χ1v) is 11.1. The summed E-state index contributed by atoms with van der Waals surface area (Å²) in [4.78, 5) is 4.97. The molecule has 0 saturated carbocycles. The topological polar surface area (TPSA) is 49.9 Å². The van der Waals surface area contributed by atoms with Crippen LogP contribution in [-0.4, -0.2) is 81.2 Å². The predicted molar refractivity (Wildman–Crippen MR) is 92.4 cm³/mol. The van der Waals surface area contributed by atoms with Gasteiger partial charge in [0.1, 0.15) is 0 Å². The van der Waals surface area contributed by atoms with E-state index in [1.165, 1.54) is 25.9 Å². The van der Waals surface area contributed by atoms with E-state index in [0.29, 0.717) is 17.6 Å². The molecule has 6 heteroatoms. The van der Waals surface area contributed by atoms with Gasteiger partial charge >= 0.3 is 0 Å². The number of hydrogen-bond donors (Lipinski definition) is 0. The van der Waals surface area contributed by atoms with Gasteiger partial charge in [-0.05, 0) is 44.6 Å². The van der Waals surface area contributed by atoms with Crippen molar-refractivity contribution in [3.63, 3.8) is 0 Å². The van der Waals surface area contributed by atoms with Crippen LogP contribution in [0.25, 0.3) is 0 Å². The van der Waals surface area contributed by atoms with Crippen LogP contribution in [0.5, 0.6) is 0 Å². The Balaban J connectivity index is 1.55. The van der Waals surface area contributed by atoms with Crippen LogP contribution in [0.2, 0.25) is 0 Å². The van der Waals surface area contributed by atoms with E-state index in [9.17, 15) is 8.42 Å². The highest BCUT2D eigenvalue weighted by atomic mass is 32.2. The lowest BCUT2D eigenvalue weighted by Gasteiger charge is -2.35. The molecule has 5 nitrogen and oxygen atoms in total. The Kier molecular flexibility index (Phi) is 5.99. The molecule has 3 aliphatic rings. The molecule has 0 aliphatic carbocycles. The molecule has 3 aliphatic heterocycles. The maximum absolute atomic E-state index is 11.9. The fourth-order valence-corrected chi connectivity index (χ4v) is 6.06. The van der Waals surface area contributed by atoms with Crippen molar-refractivity contribution in [2.24, 2.45) is 5.92 Å². The van der Waals surface area contributed by atoms with Gasteiger partial charge in [-0.15, -0.1) is 0 Å². The summed E-state index contributed by atoms with van der Waals surface area (Å²) < 4.78 is 29.5. The molecule has 3 fully saturated rings. The van der Waals surface area contributed by atoms with Crippen LogP contribution < -0.4 is 0 Å². The first-order chi connectivity index (χ1) is 11.0. The van der Waals surface area contributed by atoms with E-state index < -0.39 is 9.84 Å². The summed E-state index contributed by atoms with van der Waals surface area (Å²) in [6.45, 7) is 8.53. The number of hydrogen-bond acceptors (Lipinski definition) is 5. The number of nitrogens with zero attached hydrogens (tertiary/aromatic N) is 2. The van der Waals surface area contributed by atoms with Crippen molar-refractivity contribution in [3.8, 4) is 0 Å². The molecule has 0 aromatic carbocycles. The highest BCUT2D eigenvalue weighted by Gasteiger charge is 2.34. The van der Waals surface area contributed by atoms with E-state index in [-0.39, 0.29) is 6.04 Å². The van der Waals surface area contributed by atoms with Gasteiger partial charge in [0.05, 0.1) is 17.6 Å². The molecular formula is C17H32N2O3S. The molecule has 0 bridgehead atoms. The summed E-state index contributed by atoms with van der Waals surface area (Å²) in [6, 6.07) is 0.200.